The molecule has 3 N–H and O–H groups in total. The average molecular weight is 506 g/mol. The van der Waals surface area contributed by atoms with Crippen LogP contribution in [0.1, 0.15) is 45.6 Å². The van der Waals surface area contributed by atoms with Gasteiger partial charge in [-0.1, -0.05) is 7.43 Å². The number of aromatic nitrogens is 4. The number of nitrogens with one attached hydrogen (secondary N) is 3. The highest BCUT2D eigenvalue weighted by molar-refractivity contribution is 5.78. The smallest absolute Gasteiger partial charge is 0.224 e. The first-order chi connectivity index (χ1) is 16.9. The molecular weight excluding hydrogens is 475 g/mol. The zero-order chi connectivity index (χ0) is 24.5. The van der Waals surface area contributed by atoms with Crippen molar-refractivity contribution >= 4 is 34.7 Å². The number of hydrogen-bond acceptors (Lipinski definition) is 7. The highest BCUT2D eigenvalue weighted by Crippen LogP contribution is 2.32. The minimum absolute atomic E-state index is 0. The predicted octanol–water partition coefficient (Wildman–Crippen LogP) is 4.30. The predicted molar refractivity (Wildman–Crippen MR) is 130 cm³/mol. The molecule has 1 aliphatic carbocycles. The van der Waals surface area contributed by atoms with Gasteiger partial charge in [0.1, 0.15) is 17.0 Å². The minimum atomic E-state index is -1.07. The van der Waals surface area contributed by atoms with Crippen molar-refractivity contribution in [3.05, 3.63) is 35.8 Å². The van der Waals surface area contributed by atoms with E-state index in [1.54, 1.807) is 17.8 Å². The average Bonchev–Trinajstić information content (AvgIpc) is 3.48. The number of amides is 1. The molecular formula is C24H30F3N7O2. The Hall–Kier alpha value is -3.41. The van der Waals surface area contributed by atoms with Crippen LogP contribution < -0.4 is 16.0 Å². The van der Waals surface area contributed by atoms with Gasteiger partial charge in [-0.05, 0) is 32.1 Å². The number of anilines is 3. The largest absolute Gasteiger partial charge is 0.379 e. The van der Waals surface area contributed by atoms with Gasteiger partial charge in [-0.25, -0.2) is 23.1 Å². The zero-order valence-corrected chi connectivity index (χ0v) is 19.2. The van der Waals surface area contributed by atoms with E-state index in [-0.39, 0.29) is 37.3 Å². The molecule has 0 bridgehead atoms. The summed E-state index contributed by atoms with van der Waals surface area (Å²) in [6.45, 7) is 0.929. The lowest BCUT2D eigenvalue weighted by atomic mass is 9.85. The number of fused-ring (bicyclic) bond motifs is 1. The van der Waals surface area contributed by atoms with Crippen molar-refractivity contribution in [2.45, 2.75) is 51.6 Å². The van der Waals surface area contributed by atoms with Crippen LogP contribution in [0.2, 0.25) is 0 Å². The van der Waals surface area contributed by atoms with E-state index >= 15 is 0 Å². The Morgan fingerprint density at radius 2 is 1.81 bits per heavy atom. The molecule has 9 nitrogen and oxygen atoms in total. The zero-order valence-electron chi connectivity index (χ0n) is 19.2. The number of carbonyl (C=O) groups excluding carboxylic acids is 1. The summed E-state index contributed by atoms with van der Waals surface area (Å²) in [5, 5.41) is 8.73. The second-order valence-electron chi connectivity index (χ2n) is 8.90. The van der Waals surface area contributed by atoms with Crippen molar-refractivity contribution in [3.63, 3.8) is 0 Å². The molecule has 0 radical (unpaired) electrons. The van der Waals surface area contributed by atoms with Crippen LogP contribution in [0.5, 0.6) is 0 Å². The van der Waals surface area contributed by atoms with Crippen molar-refractivity contribution in [3.8, 4) is 0 Å². The first-order valence-electron chi connectivity index (χ1n) is 11.7. The Labute approximate surface area is 206 Å². The van der Waals surface area contributed by atoms with E-state index < -0.39 is 23.1 Å². The highest BCUT2D eigenvalue weighted by Gasteiger charge is 2.28. The minimum Gasteiger partial charge on any atom is -0.379 e. The monoisotopic (exact) mass is 505 g/mol. The lowest BCUT2D eigenvalue weighted by Crippen LogP contribution is -2.34. The van der Waals surface area contributed by atoms with E-state index in [4.69, 9.17) is 4.74 Å². The van der Waals surface area contributed by atoms with Gasteiger partial charge in [0.25, 0.3) is 0 Å². The molecule has 1 aliphatic heterocycles. The topological polar surface area (TPSA) is 106 Å². The third-order valence-electron chi connectivity index (χ3n) is 6.62. The molecule has 1 aromatic carbocycles. The third kappa shape index (κ3) is 5.08. The molecule has 194 valence electrons. The van der Waals surface area contributed by atoms with Gasteiger partial charge in [-0.3, -0.25) is 9.36 Å². The molecule has 2 fully saturated rings. The Balaban J connectivity index is 0.00000304. The second-order valence-corrected chi connectivity index (χ2v) is 8.90. The SMILES string of the molecule is C.CNC(=O)C1CCC(Nc2ncc3nc(Nc4c(F)cc(F)cc4F)n(C4CCOC4)c3n2)CC1. The number of imidazole rings is 1. The normalized spacial score (nSPS) is 21.7. The first-order valence-corrected chi connectivity index (χ1v) is 11.7. The molecule has 1 unspecified atom stereocenters. The van der Waals surface area contributed by atoms with E-state index in [9.17, 15) is 18.0 Å². The Bertz CT molecular complexity index is 1210. The number of rotatable bonds is 6. The summed E-state index contributed by atoms with van der Waals surface area (Å²) in [5.74, 6) is -2.48. The van der Waals surface area contributed by atoms with Gasteiger partial charge in [0.05, 0.1) is 18.8 Å². The van der Waals surface area contributed by atoms with Gasteiger partial charge in [-0.2, -0.15) is 4.98 Å². The number of carbonyl (C=O) groups is 1. The summed E-state index contributed by atoms with van der Waals surface area (Å²) in [4.78, 5) is 25.4. The van der Waals surface area contributed by atoms with Crippen molar-refractivity contribution in [1.29, 1.82) is 0 Å². The Morgan fingerprint density at radius 1 is 1.08 bits per heavy atom. The second kappa shape index (κ2) is 10.7. The van der Waals surface area contributed by atoms with Crippen molar-refractivity contribution < 1.29 is 22.7 Å². The van der Waals surface area contributed by atoms with Crippen LogP contribution in [-0.2, 0) is 9.53 Å². The van der Waals surface area contributed by atoms with E-state index in [1.165, 1.54) is 0 Å². The van der Waals surface area contributed by atoms with Crippen LogP contribution in [0.4, 0.5) is 30.8 Å². The van der Waals surface area contributed by atoms with Gasteiger partial charge >= 0.3 is 0 Å². The number of ether oxygens (including phenoxy) is 1. The van der Waals surface area contributed by atoms with Gasteiger partial charge < -0.3 is 20.7 Å². The maximum atomic E-state index is 14.3. The van der Waals surface area contributed by atoms with Crippen molar-refractivity contribution in [2.24, 2.45) is 5.92 Å². The van der Waals surface area contributed by atoms with Crippen LogP contribution in [0.15, 0.2) is 18.3 Å². The fraction of sp³-hybridized carbons (Fsp3) is 0.500. The van der Waals surface area contributed by atoms with Crippen LogP contribution in [0.25, 0.3) is 11.2 Å². The number of benzene rings is 1. The molecule has 0 spiro atoms. The molecule has 3 heterocycles. The number of hydrogen-bond donors (Lipinski definition) is 3. The summed E-state index contributed by atoms with van der Waals surface area (Å²) >= 11 is 0. The molecule has 1 saturated carbocycles. The van der Waals surface area contributed by atoms with Gasteiger partial charge in [0, 0.05) is 37.7 Å². The quantitative estimate of drug-likeness (QED) is 0.459. The van der Waals surface area contributed by atoms with E-state index in [2.05, 4.69) is 30.9 Å². The van der Waals surface area contributed by atoms with E-state index in [1.807, 2.05) is 0 Å². The van der Waals surface area contributed by atoms with E-state index in [0.29, 0.717) is 48.9 Å². The van der Waals surface area contributed by atoms with Crippen molar-refractivity contribution in [2.75, 3.05) is 30.9 Å². The molecule has 2 aromatic heterocycles. The molecule has 12 heteroatoms. The van der Waals surface area contributed by atoms with Crippen LogP contribution in [-0.4, -0.2) is 51.7 Å². The first kappa shape index (κ1) is 25.7. The van der Waals surface area contributed by atoms with Gasteiger partial charge in [-0.15, -0.1) is 0 Å². The maximum absolute atomic E-state index is 14.3. The van der Waals surface area contributed by atoms with Crippen molar-refractivity contribution in [1.82, 2.24) is 24.8 Å². The Morgan fingerprint density at radius 3 is 2.44 bits per heavy atom. The number of halogens is 3. The fourth-order valence-corrected chi connectivity index (χ4v) is 4.78. The lowest BCUT2D eigenvalue weighted by Gasteiger charge is -2.28. The molecule has 1 amide bonds. The summed E-state index contributed by atoms with van der Waals surface area (Å²) in [7, 11) is 1.65. The summed E-state index contributed by atoms with van der Waals surface area (Å²) in [6.07, 6.45) is 5.40. The van der Waals surface area contributed by atoms with Crippen LogP contribution in [0, 0.1) is 23.4 Å². The summed E-state index contributed by atoms with van der Waals surface area (Å²) in [6, 6.07) is 1.19. The molecule has 5 rings (SSSR count). The summed E-state index contributed by atoms with van der Waals surface area (Å²) < 4.78 is 49.3. The number of nitrogens with zero attached hydrogens (tertiary/aromatic N) is 4. The third-order valence-corrected chi connectivity index (χ3v) is 6.62. The summed E-state index contributed by atoms with van der Waals surface area (Å²) in [5.41, 5.74) is 0.430. The van der Waals surface area contributed by atoms with Crippen LogP contribution in [0.3, 0.4) is 0 Å². The van der Waals surface area contributed by atoms with Gasteiger partial charge in [0.15, 0.2) is 17.3 Å². The van der Waals surface area contributed by atoms with E-state index in [0.717, 1.165) is 25.7 Å². The Kier molecular flexibility index (Phi) is 7.62. The van der Waals surface area contributed by atoms with Crippen LogP contribution >= 0.6 is 0 Å². The standard InChI is InChI=1S/C23H26F3N7O2.CH4/c1-27-21(34)12-2-4-14(5-3-12)29-22-28-10-18-20(32-22)33(15-6-7-35-11-15)23(30-18)31-19-16(25)8-13(24)9-17(19)26;/h8-10,12,14-15H,2-7,11H2,1H3,(H,27,34)(H,30,31)(H,28,29,32);1H4. The molecule has 1 atom stereocenters. The maximum Gasteiger partial charge on any atom is 0.224 e. The van der Waals surface area contributed by atoms with Gasteiger partial charge in [0.2, 0.25) is 17.8 Å². The molecule has 3 aromatic rings. The fourth-order valence-electron chi connectivity index (χ4n) is 4.78. The highest BCUT2D eigenvalue weighted by atomic mass is 19.1. The molecule has 36 heavy (non-hydrogen) atoms. The lowest BCUT2D eigenvalue weighted by molar-refractivity contribution is -0.125. The molecule has 1 saturated heterocycles. The molecule has 2 aliphatic rings.